The zero-order valence-corrected chi connectivity index (χ0v) is 17.2. The lowest BCUT2D eigenvalue weighted by Crippen LogP contribution is -2.46. The first kappa shape index (κ1) is 21.0. The molecule has 0 unspecified atom stereocenters. The number of aromatic nitrogens is 1. The van der Waals surface area contributed by atoms with Gasteiger partial charge < -0.3 is 20.3 Å². The van der Waals surface area contributed by atoms with Crippen LogP contribution in [0.4, 0.5) is 0 Å². The number of carbonyl (C=O) groups excluding carboxylic acids is 1. The molecule has 1 aromatic heterocycles. The third-order valence-corrected chi connectivity index (χ3v) is 4.23. The highest BCUT2D eigenvalue weighted by Gasteiger charge is 2.17. The molecule has 1 fully saturated rings. The van der Waals surface area contributed by atoms with Crippen molar-refractivity contribution in [1.29, 1.82) is 0 Å². The summed E-state index contributed by atoms with van der Waals surface area (Å²) < 4.78 is 5.74. The average molecular weight is 376 g/mol. The quantitative estimate of drug-likeness (QED) is 0.589. The van der Waals surface area contributed by atoms with Gasteiger partial charge in [0.25, 0.3) is 0 Å². The van der Waals surface area contributed by atoms with Crippen molar-refractivity contribution in [2.45, 2.75) is 64.6 Å². The maximum Gasteiger partial charge on any atom is 0.241 e. The Morgan fingerprint density at radius 2 is 2.00 bits per heavy atom. The molecular formula is C20H33N5O2. The molecule has 1 aliphatic rings. The van der Waals surface area contributed by atoms with Gasteiger partial charge in [0.1, 0.15) is 5.60 Å². The zero-order chi connectivity index (χ0) is 19.9. The number of hydrogen-bond donors (Lipinski definition) is 2. The molecule has 7 nitrogen and oxygen atoms in total. The number of likely N-dealkylation sites (N-methyl/N-ethyl adjacent to an activating group) is 1. The maximum atomic E-state index is 11.9. The van der Waals surface area contributed by atoms with E-state index in [9.17, 15) is 4.79 Å². The first-order valence-corrected chi connectivity index (χ1v) is 9.62. The topological polar surface area (TPSA) is 78.9 Å². The Kier molecular flexibility index (Phi) is 7.45. The van der Waals surface area contributed by atoms with Crippen molar-refractivity contribution in [2.24, 2.45) is 4.99 Å². The third kappa shape index (κ3) is 7.85. The lowest BCUT2D eigenvalue weighted by atomic mass is 10.2. The van der Waals surface area contributed by atoms with Crippen LogP contribution in [0.2, 0.25) is 0 Å². The van der Waals surface area contributed by atoms with E-state index >= 15 is 0 Å². The number of carbonyl (C=O) groups is 1. The molecule has 150 valence electrons. The van der Waals surface area contributed by atoms with Crippen LogP contribution in [-0.2, 0) is 11.3 Å². The number of nitrogens with one attached hydrogen (secondary N) is 2. The molecule has 0 aliphatic heterocycles. The molecule has 0 bridgehead atoms. The summed E-state index contributed by atoms with van der Waals surface area (Å²) in [5, 5.41) is 6.59. The molecule has 1 heterocycles. The Bertz CT molecular complexity index is 629. The molecule has 1 amide bonds. The Morgan fingerprint density at radius 3 is 2.56 bits per heavy atom. The van der Waals surface area contributed by atoms with Gasteiger partial charge >= 0.3 is 0 Å². The molecule has 1 aromatic rings. The van der Waals surface area contributed by atoms with E-state index in [0.29, 0.717) is 24.4 Å². The van der Waals surface area contributed by atoms with Crippen molar-refractivity contribution in [1.82, 2.24) is 20.5 Å². The zero-order valence-electron chi connectivity index (χ0n) is 17.2. The summed E-state index contributed by atoms with van der Waals surface area (Å²) in [6, 6.07) is 4.25. The minimum absolute atomic E-state index is 0.0151. The summed E-state index contributed by atoms with van der Waals surface area (Å²) in [7, 11) is 3.50. The first-order chi connectivity index (χ1) is 12.7. The smallest absolute Gasteiger partial charge is 0.241 e. The second-order valence-electron chi connectivity index (χ2n) is 8.15. The molecular weight excluding hydrogens is 342 g/mol. The fourth-order valence-electron chi connectivity index (χ4n) is 2.78. The van der Waals surface area contributed by atoms with Crippen LogP contribution >= 0.6 is 0 Å². The van der Waals surface area contributed by atoms with Crippen LogP contribution < -0.4 is 15.4 Å². The highest BCUT2D eigenvalue weighted by atomic mass is 16.5. The number of aliphatic imine (C=N–C) groups is 1. The van der Waals surface area contributed by atoms with Crippen LogP contribution in [0, 0.1) is 0 Å². The second-order valence-corrected chi connectivity index (χ2v) is 8.15. The van der Waals surface area contributed by atoms with Crippen LogP contribution in [0.5, 0.6) is 5.88 Å². The molecule has 0 radical (unpaired) electrons. The van der Waals surface area contributed by atoms with Crippen molar-refractivity contribution < 1.29 is 9.53 Å². The minimum atomic E-state index is -0.270. The fraction of sp³-hybridized carbons (Fsp3) is 0.650. The summed E-state index contributed by atoms with van der Waals surface area (Å²) in [6.45, 7) is 6.70. The summed E-state index contributed by atoms with van der Waals surface area (Å²) in [4.78, 5) is 22.4. The van der Waals surface area contributed by atoms with E-state index in [1.807, 2.05) is 32.9 Å². The summed E-state index contributed by atoms with van der Waals surface area (Å²) in [6.07, 6.45) is 6.54. The lowest BCUT2D eigenvalue weighted by Gasteiger charge is -2.20. The Morgan fingerprint density at radius 1 is 1.30 bits per heavy atom. The van der Waals surface area contributed by atoms with Gasteiger partial charge in [-0.25, -0.2) is 9.98 Å². The van der Waals surface area contributed by atoms with Gasteiger partial charge in [-0.1, -0.05) is 18.9 Å². The van der Waals surface area contributed by atoms with E-state index in [4.69, 9.17) is 4.74 Å². The molecule has 1 aliphatic carbocycles. The van der Waals surface area contributed by atoms with Gasteiger partial charge in [-0.2, -0.15) is 0 Å². The Balaban J connectivity index is 1.98. The van der Waals surface area contributed by atoms with E-state index in [-0.39, 0.29) is 18.1 Å². The van der Waals surface area contributed by atoms with Crippen molar-refractivity contribution in [3.8, 4) is 5.88 Å². The molecule has 0 spiro atoms. The molecule has 2 N–H and O–H groups in total. The van der Waals surface area contributed by atoms with Crippen LogP contribution in [0.25, 0.3) is 0 Å². The van der Waals surface area contributed by atoms with Crippen molar-refractivity contribution in [3.63, 3.8) is 0 Å². The summed E-state index contributed by atoms with van der Waals surface area (Å²) in [5.41, 5.74) is 0.719. The fourth-order valence-corrected chi connectivity index (χ4v) is 2.78. The van der Waals surface area contributed by atoms with Crippen LogP contribution in [-0.4, -0.2) is 54.0 Å². The van der Waals surface area contributed by atoms with Gasteiger partial charge in [0.05, 0.1) is 13.1 Å². The van der Waals surface area contributed by atoms with Gasteiger partial charge in [0.15, 0.2) is 5.96 Å². The largest absolute Gasteiger partial charge is 0.472 e. The number of guanidine groups is 1. The van der Waals surface area contributed by atoms with Crippen LogP contribution in [0.1, 0.15) is 52.0 Å². The van der Waals surface area contributed by atoms with Gasteiger partial charge in [-0.15, -0.1) is 0 Å². The Hall–Kier alpha value is -2.31. The summed E-state index contributed by atoms with van der Waals surface area (Å²) >= 11 is 0. The minimum Gasteiger partial charge on any atom is -0.472 e. The second kappa shape index (κ2) is 9.58. The van der Waals surface area contributed by atoms with E-state index in [2.05, 4.69) is 20.6 Å². The van der Waals surface area contributed by atoms with E-state index in [1.165, 1.54) is 12.8 Å². The molecule has 2 rings (SSSR count). The number of ether oxygens (including phenoxy) is 1. The van der Waals surface area contributed by atoms with Crippen molar-refractivity contribution >= 4 is 11.9 Å². The van der Waals surface area contributed by atoms with E-state index in [0.717, 1.165) is 18.4 Å². The average Bonchev–Trinajstić information content (AvgIpc) is 3.09. The molecule has 0 aromatic carbocycles. The number of rotatable bonds is 6. The van der Waals surface area contributed by atoms with E-state index < -0.39 is 0 Å². The predicted octanol–water partition coefficient (Wildman–Crippen LogP) is 2.32. The number of pyridine rings is 1. The maximum absolute atomic E-state index is 11.9. The standard InChI is InChI=1S/C20H33N5O2/c1-20(2,3)27-17-11-10-15(12-21-17)13-22-19(23-14-18(26)25(4)5)24-16-8-6-7-9-16/h10-12,16H,6-9,13-14H2,1-5H3,(H2,22,23,24). The monoisotopic (exact) mass is 375 g/mol. The normalized spacial score (nSPS) is 15.5. The highest BCUT2D eigenvalue weighted by Crippen LogP contribution is 2.18. The Labute approximate surface area is 162 Å². The molecule has 1 saturated carbocycles. The number of amides is 1. The van der Waals surface area contributed by atoms with Gasteiger partial charge in [0, 0.05) is 32.4 Å². The SMILES string of the molecule is CN(C)C(=O)CNC(=NCc1ccc(OC(C)(C)C)nc1)NC1CCCC1. The van der Waals surface area contributed by atoms with Crippen molar-refractivity contribution in [2.75, 3.05) is 20.6 Å². The third-order valence-electron chi connectivity index (χ3n) is 4.23. The summed E-state index contributed by atoms with van der Waals surface area (Å²) in [5.74, 6) is 1.29. The van der Waals surface area contributed by atoms with Gasteiger partial charge in [0.2, 0.25) is 11.8 Å². The lowest BCUT2D eigenvalue weighted by molar-refractivity contribution is -0.127. The van der Waals surface area contributed by atoms with Crippen LogP contribution in [0.3, 0.4) is 0 Å². The molecule has 7 heteroatoms. The predicted molar refractivity (Wildman–Crippen MR) is 108 cm³/mol. The molecule has 27 heavy (non-hydrogen) atoms. The van der Waals surface area contributed by atoms with Gasteiger partial charge in [-0.05, 0) is 39.2 Å². The first-order valence-electron chi connectivity index (χ1n) is 9.62. The number of hydrogen-bond acceptors (Lipinski definition) is 4. The molecule has 0 atom stereocenters. The van der Waals surface area contributed by atoms with Crippen LogP contribution in [0.15, 0.2) is 23.3 Å². The highest BCUT2D eigenvalue weighted by molar-refractivity contribution is 5.86. The van der Waals surface area contributed by atoms with Gasteiger partial charge in [-0.3, -0.25) is 4.79 Å². The van der Waals surface area contributed by atoms with E-state index in [1.54, 1.807) is 25.2 Å². The number of nitrogens with zero attached hydrogens (tertiary/aromatic N) is 3. The van der Waals surface area contributed by atoms with Crippen molar-refractivity contribution in [3.05, 3.63) is 23.9 Å². The molecule has 0 saturated heterocycles.